The summed E-state index contributed by atoms with van der Waals surface area (Å²) in [5.74, 6) is -0.153. The zero-order valence-corrected chi connectivity index (χ0v) is 11.7. The van der Waals surface area contributed by atoms with Crippen LogP contribution in [0.15, 0.2) is 12.3 Å². The molecule has 2 rings (SSSR count). The number of carboxylic acids is 1. The van der Waals surface area contributed by atoms with Crippen LogP contribution in [0.5, 0.6) is 0 Å². The van der Waals surface area contributed by atoms with Gasteiger partial charge in [0.15, 0.2) is 0 Å². The van der Waals surface area contributed by atoms with Gasteiger partial charge in [-0.3, -0.25) is 0 Å². The third-order valence-corrected chi connectivity index (χ3v) is 3.72. The van der Waals surface area contributed by atoms with Crippen molar-refractivity contribution in [1.29, 1.82) is 0 Å². The summed E-state index contributed by atoms with van der Waals surface area (Å²) >= 11 is 0. The zero-order valence-electron chi connectivity index (χ0n) is 11.7. The molecule has 1 saturated heterocycles. The van der Waals surface area contributed by atoms with Crippen LogP contribution in [-0.2, 0) is 0 Å². The minimum atomic E-state index is -0.899. The van der Waals surface area contributed by atoms with Crippen molar-refractivity contribution in [3.8, 4) is 0 Å². The summed E-state index contributed by atoms with van der Waals surface area (Å²) < 4.78 is 0. The number of hydrogen-bond acceptors (Lipinski definition) is 4. The van der Waals surface area contributed by atoms with Crippen LogP contribution in [0.3, 0.4) is 0 Å². The smallest absolute Gasteiger partial charge is 0.339 e. The van der Waals surface area contributed by atoms with Crippen molar-refractivity contribution in [2.75, 3.05) is 25.0 Å². The quantitative estimate of drug-likeness (QED) is 0.865. The normalized spacial score (nSPS) is 18.8. The highest BCUT2D eigenvalue weighted by atomic mass is 16.4. The molecule has 1 aliphatic rings. The van der Waals surface area contributed by atoms with Crippen LogP contribution in [0.2, 0.25) is 0 Å². The Hall–Kier alpha value is -1.62. The molecule has 2 heterocycles. The molecule has 19 heavy (non-hydrogen) atoms. The number of aromatic nitrogens is 1. The fourth-order valence-corrected chi connectivity index (χ4v) is 2.58. The van der Waals surface area contributed by atoms with E-state index >= 15 is 0 Å². The van der Waals surface area contributed by atoms with Crippen molar-refractivity contribution in [1.82, 2.24) is 10.3 Å². The molecule has 0 unspecified atom stereocenters. The molecule has 1 fully saturated rings. The second-order valence-electron chi connectivity index (χ2n) is 5.32. The molecule has 0 amide bonds. The topological polar surface area (TPSA) is 65.5 Å². The molecule has 0 aliphatic carbocycles. The minimum Gasteiger partial charge on any atom is -0.478 e. The highest BCUT2D eigenvalue weighted by Crippen LogP contribution is 2.28. The lowest BCUT2D eigenvalue weighted by Crippen LogP contribution is -2.35. The fourth-order valence-electron chi connectivity index (χ4n) is 2.58. The number of nitrogens with one attached hydrogen (secondary N) is 1. The molecule has 5 heteroatoms. The molecule has 0 bridgehead atoms. The van der Waals surface area contributed by atoms with E-state index in [1.165, 1.54) is 0 Å². The third-order valence-electron chi connectivity index (χ3n) is 3.72. The van der Waals surface area contributed by atoms with Gasteiger partial charge in [0, 0.05) is 25.8 Å². The van der Waals surface area contributed by atoms with Gasteiger partial charge in [-0.1, -0.05) is 13.8 Å². The predicted octanol–water partition coefficient (Wildman–Crippen LogP) is 1.70. The molecular weight excluding hydrogens is 242 g/mol. The van der Waals surface area contributed by atoms with E-state index in [1.54, 1.807) is 12.3 Å². The number of rotatable bonds is 4. The molecule has 1 atom stereocenters. The molecule has 5 nitrogen and oxygen atoms in total. The summed E-state index contributed by atoms with van der Waals surface area (Å²) in [5.41, 5.74) is 1.18. The minimum absolute atomic E-state index is 0.169. The summed E-state index contributed by atoms with van der Waals surface area (Å²) in [7, 11) is 1.93. The maximum absolute atomic E-state index is 11.6. The molecule has 0 radical (unpaired) electrons. The number of nitrogens with zero attached hydrogens (tertiary/aromatic N) is 2. The van der Waals surface area contributed by atoms with Gasteiger partial charge in [0.25, 0.3) is 0 Å². The maximum atomic E-state index is 11.6. The number of aromatic carboxylic acids is 1. The number of carbonyl (C=O) groups is 1. The Morgan fingerprint density at radius 1 is 1.58 bits per heavy atom. The Morgan fingerprint density at radius 3 is 2.84 bits per heavy atom. The number of hydrogen-bond donors (Lipinski definition) is 2. The van der Waals surface area contributed by atoms with Crippen LogP contribution in [0, 0.1) is 0 Å². The molecular formula is C14H21N3O2. The fraction of sp³-hybridized carbons (Fsp3) is 0.571. The van der Waals surface area contributed by atoms with Crippen molar-refractivity contribution in [2.24, 2.45) is 0 Å². The highest BCUT2D eigenvalue weighted by molar-refractivity contribution is 5.95. The number of anilines is 1. The zero-order chi connectivity index (χ0) is 14.0. The van der Waals surface area contributed by atoms with Crippen LogP contribution in [0.4, 0.5) is 5.82 Å². The first-order chi connectivity index (χ1) is 9.02. The number of pyridine rings is 1. The number of likely N-dealkylation sites (N-methyl/N-ethyl adjacent to an activating group) is 1. The SMILES string of the molecule is CC(C)c1ccnc(N(C)[C@@H]2CCNC2)c1C(=O)O. The maximum Gasteiger partial charge on any atom is 0.339 e. The van der Waals surface area contributed by atoms with E-state index in [0.717, 1.165) is 25.1 Å². The van der Waals surface area contributed by atoms with E-state index in [4.69, 9.17) is 0 Å². The standard InChI is InChI=1S/C14H21N3O2/c1-9(2)11-5-7-16-13(12(11)14(18)19)17(3)10-4-6-15-8-10/h5,7,9-10,15H,4,6,8H2,1-3H3,(H,18,19)/t10-/m1/s1. The lowest BCUT2D eigenvalue weighted by atomic mass is 9.98. The Balaban J connectivity index is 2.43. The Kier molecular flexibility index (Phi) is 4.04. The molecule has 1 aromatic rings. The Labute approximate surface area is 113 Å². The van der Waals surface area contributed by atoms with Crippen molar-refractivity contribution >= 4 is 11.8 Å². The molecule has 1 aromatic heterocycles. The van der Waals surface area contributed by atoms with E-state index < -0.39 is 5.97 Å². The monoisotopic (exact) mass is 263 g/mol. The Bertz CT molecular complexity index is 468. The van der Waals surface area contributed by atoms with Crippen molar-refractivity contribution in [3.05, 3.63) is 23.4 Å². The van der Waals surface area contributed by atoms with Gasteiger partial charge in [-0.2, -0.15) is 0 Å². The van der Waals surface area contributed by atoms with Crippen LogP contribution in [0.1, 0.15) is 42.1 Å². The first kappa shape index (κ1) is 13.8. The van der Waals surface area contributed by atoms with Gasteiger partial charge in [0.1, 0.15) is 11.4 Å². The average Bonchev–Trinajstić information content (AvgIpc) is 2.90. The van der Waals surface area contributed by atoms with Gasteiger partial charge in [-0.25, -0.2) is 9.78 Å². The second-order valence-corrected chi connectivity index (χ2v) is 5.32. The van der Waals surface area contributed by atoms with Gasteiger partial charge in [0.05, 0.1) is 0 Å². The van der Waals surface area contributed by atoms with Crippen molar-refractivity contribution < 1.29 is 9.90 Å². The van der Waals surface area contributed by atoms with Crippen LogP contribution < -0.4 is 10.2 Å². The van der Waals surface area contributed by atoms with Crippen LogP contribution in [0.25, 0.3) is 0 Å². The highest BCUT2D eigenvalue weighted by Gasteiger charge is 2.26. The van der Waals surface area contributed by atoms with E-state index in [-0.39, 0.29) is 5.92 Å². The lowest BCUT2D eigenvalue weighted by molar-refractivity contribution is 0.0695. The number of carboxylic acid groups (broad SMARTS) is 1. The first-order valence-corrected chi connectivity index (χ1v) is 6.68. The molecule has 1 aliphatic heterocycles. The molecule has 0 saturated carbocycles. The third kappa shape index (κ3) is 2.71. The van der Waals surface area contributed by atoms with E-state index in [0.29, 0.717) is 17.4 Å². The first-order valence-electron chi connectivity index (χ1n) is 6.68. The van der Waals surface area contributed by atoms with Gasteiger partial charge < -0.3 is 15.3 Å². The van der Waals surface area contributed by atoms with E-state index in [2.05, 4.69) is 10.3 Å². The van der Waals surface area contributed by atoms with Gasteiger partial charge >= 0.3 is 5.97 Å². The summed E-state index contributed by atoms with van der Waals surface area (Å²) in [6.07, 6.45) is 2.72. The molecule has 104 valence electrons. The van der Waals surface area contributed by atoms with E-state index in [9.17, 15) is 9.90 Å². The van der Waals surface area contributed by atoms with Crippen molar-refractivity contribution in [2.45, 2.75) is 32.2 Å². The summed E-state index contributed by atoms with van der Waals surface area (Å²) in [6, 6.07) is 2.12. The van der Waals surface area contributed by atoms with Gasteiger partial charge in [0.2, 0.25) is 0 Å². The summed E-state index contributed by atoms with van der Waals surface area (Å²) in [5, 5.41) is 12.8. The largest absolute Gasteiger partial charge is 0.478 e. The summed E-state index contributed by atoms with van der Waals surface area (Å²) in [4.78, 5) is 17.9. The predicted molar refractivity (Wildman–Crippen MR) is 75.0 cm³/mol. The van der Waals surface area contributed by atoms with Crippen LogP contribution >= 0.6 is 0 Å². The van der Waals surface area contributed by atoms with Gasteiger partial charge in [-0.05, 0) is 30.5 Å². The summed E-state index contributed by atoms with van der Waals surface area (Å²) in [6.45, 7) is 5.86. The molecule has 0 spiro atoms. The van der Waals surface area contributed by atoms with Gasteiger partial charge in [-0.15, -0.1) is 0 Å². The second kappa shape index (κ2) is 5.57. The van der Waals surface area contributed by atoms with Crippen LogP contribution in [-0.4, -0.2) is 42.2 Å². The lowest BCUT2D eigenvalue weighted by Gasteiger charge is -2.27. The van der Waals surface area contributed by atoms with Crippen molar-refractivity contribution in [3.63, 3.8) is 0 Å². The molecule has 0 aromatic carbocycles. The van der Waals surface area contributed by atoms with E-state index in [1.807, 2.05) is 25.8 Å². The average molecular weight is 263 g/mol. The Morgan fingerprint density at radius 2 is 2.32 bits per heavy atom. The molecule has 2 N–H and O–H groups in total.